The van der Waals surface area contributed by atoms with Gasteiger partial charge in [-0.25, -0.2) is 22.4 Å². The zero-order valence-electron chi connectivity index (χ0n) is 13.8. The second kappa shape index (κ2) is 7.74. The summed E-state index contributed by atoms with van der Waals surface area (Å²) in [6, 6.07) is 7.38. The summed E-state index contributed by atoms with van der Waals surface area (Å²) in [6.45, 7) is 2.61. The maximum absolute atomic E-state index is 13.6. The van der Waals surface area contributed by atoms with Crippen LogP contribution in [0.15, 0.2) is 36.4 Å². The second-order valence-electron chi connectivity index (χ2n) is 6.04. The predicted octanol–water partition coefficient (Wildman–Crippen LogP) is 3.59. The van der Waals surface area contributed by atoms with E-state index in [2.05, 4.69) is 10.2 Å². The van der Waals surface area contributed by atoms with Gasteiger partial charge in [0.25, 0.3) is 0 Å². The summed E-state index contributed by atoms with van der Waals surface area (Å²) in [5.74, 6) is -4.64. The molecule has 4 nitrogen and oxygen atoms in total. The van der Waals surface area contributed by atoms with Gasteiger partial charge >= 0.3 is 6.03 Å². The second-order valence-corrected chi connectivity index (χ2v) is 6.04. The highest BCUT2D eigenvalue weighted by molar-refractivity contribution is 5.89. The van der Waals surface area contributed by atoms with Gasteiger partial charge < -0.3 is 10.2 Å². The number of carbonyl (C=O) groups excluding carboxylic acids is 1. The first-order valence-electron chi connectivity index (χ1n) is 8.10. The van der Waals surface area contributed by atoms with Crippen LogP contribution < -0.4 is 5.32 Å². The summed E-state index contributed by atoms with van der Waals surface area (Å²) in [7, 11) is 0. The predicted molar refractivity (Wildman–Crippen MR) is 88.6 cm³/mol. The lowest BCUT2D eigenvalue weighted by Gasteiger charge is -2.34. The van der Waals surface area contributed by atoms with Gasteiger partial charge in [-0.2, -0.15) is 0 Å². The van der Waals surface area contributed by atoms with Gasteiger partial charge in [0.15, 0.2) is 17.5 Å². The Morgan fingerprint density at radius 2 is 1.54 bits per heavy atom. The van der Waals surface area contributed by atoms with Gasteiger partial charge in [-0.15, -0.1) is 0 Å². The van der Waals surface area contributed by atoms with Crippen LogP contribution in [0.4, 0.5) is 28.0 Å². The van der Waals surface area contributed by atoms with Crippen LogP contribution in [0, 0.1) is 23.3 Å². The molecule has 3 rings (SSSR count). The van der Waals surface area contributed by atoms with Crippen molar-refractivity contribution in [1.82, 2.24) is 9.80 Å². The molecule has 138 valence electrons. The molecule has 2 aromatic carbocycles. The number of nitrogens with zero attached hydrogens (tertiary/aromatic N) is 2. The van der Waals surface area contributed by atoms with Crippen LogP contribution in [0.25, 0.3) is 0 Å². The molecular weight excluding hydrogens is 350 g/mol. The zero-order valence-corrected chi connectivity index (χ0v) is 13.8. The smallest absolute Gasteiger partial charge is 0.322 e. The fraction of sp³-hybridized carbons (Fsp3) is 0.278. The van der Waals surface area contributed by atoms with Gasteiger partial charge in [0, 0.05) is 32.7 Å². The van der Waals surface area contributed by atoms with Gasteiger partial charge in [0.05, 0.1) is 5.69 Å². The summed E-state index contributed by atoms with van der Waals surface area (Å²) in [6.07, 6.45) is 0. The molecule has 0 aliphatic carbocycles. The first-order chi connectivity index (χ1) is 12.4. The van der Waals surface area contributed by atoms with Gasteiger partial charge in [-0.1, -0.05) is 12.1 Å². The summed E-state index contributed by atoms with van der Waals surface area (Å²) >= 11 is 0. The van der Waals surface area contributed by atoms with Crippen molar-refractivity contribution in [2.75, 3.05) is 31.5 Å². The molecule has 1 saturated heterocycles. The molecule has 0 bridgehead atoms. The highest BCUT2D eigenvalue weighted by Gasteiger charge is 2.23. The lowest BCUT2D eigenvalue weighted by Crippen LogP contribution is -2.49. The van der Waals surface area contributed by atoms with E-state index in [0.717, 1.165) is 17.7 Å². The minimum Gasteiger partial charge on any atom is -0.322 e. The normalized spacial score (nSPS) is 15.2. The van der Waals surface area contributed by atoms with E-state index in [9.17, 15) is 22.4 Å². The number of nitrogens with one attached hydrogen (secondary N) is 1. The van der Waals surface area contributed by atoms with E-state index in [0.29, 0.717) is 32.7 Å². The fourth-order valence-electron chi connectivity index (χ4n) is 2.77. The number of amides is 2. The third-order valence-corrected chi connectivity index (χ3v) is 4.26. The van der Waals surface area contributed by atoms with Crippen LogP contribution in [-0.4, -0.2) is 42.0 Å². The minimum absolute atomic E-state index is 0.292. The van der Waals surface area contributed by atoms with Gasteiger partial charge in [-0.05, 0) is 29.8 Å². The Labute approximate surface area is 148 Å². The van der Waals surface area contributed by atoms with E-state index in [1.54, 1.807) is 12.1 Å². The standard InChI is InChI=1S/C18H17F4N3O/c19-13-3-1-12(2-4-13)11-24-7-9-25(10-8-24)18(26)23-15-6-5-14(20)16(21)17(15)22/h1-6H,7-11H2,(H,23,26). The summed E-state index contributed by atoms with van der Waals surface area (Å²) in [5.41, 5.74) is 0.566. The number of hydrogen-bond acceptors (Lipinski definition) is 2. The number of carbonyl (C=O) groups is 1. The van der Waals surface area contributed by atoms with Gasteiger partial charge in [-0.3, -0.25) is 4.90 Å². The largest absolute Gasteiger partial charge is 0.322 e. The van der Waals surface area contributed by atoms with Gasteiger partial charge in [0.1, 0.15) is 5.82 Å². The van der Waals surface area contributed by atoms with E-state index >= 15 is 0 Å². The molecule has 0 atom stereocenters. The van der Waals surface area contributed by atoms with Crippen molar-refractivity contribution in [3.63, 3.8) is 0 Å². The fourth-order valence-corrected chi connectivity index (χ4v) is 2.77. The maximum atomic E-state index is 13.6. The Morgan fingerprint density at radius 3 is 2.19 bits per heavy atom. The molecule has 26 heavy (non-hydrogen) atoms. The quantitative estimate of drug-likeness (QED) is 0.665. The molecule has 1 aliphatic rings. The molecule has 0 spiro atoms. The SMILES string of the molecule is O=C(Nc1ccc(F)c(F)c1F)N1CCN(Cc2ccc(F)cc2)CC1. The van der Waals surface area contributed by atoms with Crippen molar-refractivity contribution in [2.45, 2.75) is 6.54 Å². The summed E-state index contributed by atoms with van der Waals surface area (Å²) < 4.78 is 52.7. The first-order valence-corrected chi connectivity index (χ1v) is 8.10. The molecule has 0 unspecified atom stereocenters. The van der Waals surface area contributed by atoms with E-state index in [1.165, 1.54) is 17.0 Å². The number of urea groups is 1. The monoisotopic (exact) mass is 367 g/mol. The molecule has 0 aromatic heterocycles. The van der Waals surface area contributed by atoms with Crippen LogP contribution >= 0.6 is 0 Å². The van der Waals surface area contributed by atoms with Crippen molar-refractivity contribution in [1.29, 1.82) is 0 Å². The number of rotatable bonds is 3. The first kappa shape index (κ1) is 18.2. The molecule has 2 amide bonds. The van der Waals surface area contributed by atoms with Crippen LogP contribution in [-0.2, 0) is 6.54 Å². The molecule has 1 heterocycles. The van der Waals surface area contributed by atoms with Crippen LogP contribution in [0.3, 0.4) is 0 Å². The summed E-state index contributed by atoms with van der Waals surface area (Å²) in [5, 5.41) is 2.26. The molecule has 8 heteroatoms. The van der Waals surface area contributed by atoms with Crippen molar-refractivity contribution in [3.8, 4) is 0 Å². The Kier molecular flexibility index (Phi) is 5.41. The zero-order chi connectivity index (χ0) is 18.7. The lowest BCUT2D eigenvalue weighted by molar-refractivity contribution is 0.143. The Hall–Kier alpha value is -2.61. The van der Waals surface area contributed by atoms with E-state index in [-0.39, 0.29) is 5.82 Å². The van der Waals surface area contributed by atoms with Gasteiger partial charge in [0.2, 0.25) is 0 Å². The Bertz CT molecular complexity index is 790. The van der Waals surface area contributed by atoms with Crippen LogP contribution in [0.5, 0.6) is 0 Å². The van der Waals surface area contributed by atoms with E-state index < -0.39 is 29.2 Å². The average Bonchev–Trinajstić information content (AvgIpc) is 2.64. The molecule has 1 fully saturated rings. The van der Waals surface area contributed by atoms with Crippen molar-refractivity contribution in [2.24, 2.45) is 0 Å². The summed E-state index contributed by atoms with van der Waals surface area (Å²) in [4.78, 5) is 15.8. The number of anilines is 1. The molecule has 0 radical (unpaired) electrons. The molecule has 1 aliphatic heterocycles. The van der Waals surface area contributed by atoms with Crippen LogP contribution in [0.2, 0.25) is 0 Å². The maximum Gasteiger partial charge on any atom is 0.322 e. The number of halogens is 4. The average molecular weight is 367 g/mol. The molecule has 2 aromatic rings. The van der Waals surface area contributed by atoms with E-state index in [4.69, 9.17) is 0 Å². The lowest BCUT2D eigenvalue weighted by atomic mass is 10.2. The highest BCUT2D eigenvalue weighted by Crippen LogP contribution is 2.20. The van der Waals surface area contributed by atoms with E-state index in [1.807, 2.05) is 0 Å². The highest BCUT2D eigenvalue weighted by atomic mass is 19.2. The van der Waals surface area contributed by atoms with Crippen LogP contribution in [0.1, 0.15) is 5.56 Å². The Morgan fingerprint density at radius 1 is 0.885 bits per heavy atom. The van der Waals surface area contributed by atoms with Crippen molar-refractivity contribution >= 4 is 11.7 Å². The number of piperazine rings is 1. The minimum atomic E-state index is -1.62. The third-order valence-electron chi connectivity index (χ3n) is 4.26. The molecular formula is C18H17F4N3O. The molecule has 1 N–H and O–H groups in total. The number of benzene rings is 2. The van der Waals surface area contributed by atoms with Crippen molar-refractivity contribution in [3.05, 3.63) is 65.2 Å². The topological polar surface area (TPSA) is 35.6 Å². The van der Waals surface area contributed by atoms with Crippen molar-refractivity contribution < 1.29 is 22.4 Å². The third kappa shape index (κ3) is 4.13. The number of hydrogen-bond donors (Lipinski definition) is 1. The molecule has 0 saturated carbocycles. The Balaban J connectivity index is 1.53.